The summed E-state index contributed by atoms with van der Waals surface area (Å²) < 4.78 is 12.2. The van der Waals surface area contributed by atoms with E-state index in [1.54, 1.807) is 17.0 Å². The zero-order chi connectivity index (χ0) is 14.5. The molecule has 2 rings (SSSR count). The van der Waals surface area contributed by atoms with E-state index in [0.717, 1.165) is 19.3 Å². The third kappa shape index (κ3) is 3.45. The molecule has 0 unspecified atom stereocenters. The minimum atomic E-state index is -1.62. The van der Waals surface area contributed by atoms with Gasteiger partial charge in [-0.25, -0.2) is 4.79 Å². The molecule has 1 atom stereocenters. The largest absolute Gasteiger partial charge is 0.478 e. The van der Waals surface area contributed by atoms with Gasteiger partial charge in [0.1, 0.15) is 5.75 Å². The molecule has 5 nitrogen and oxygen atoms in total. The first-order valence-electron chi connectivity index (χ1n) is 6.58. The van der Waals surface area contributed by atoms with Crippen molar-refractivity contribution >= 4 is 22.7 Å². The molecule has 0 radical (unpaired) electrons. The van der Waals surface area contributed by atoms with Crippen LogP contribution in [0.15, 0.2) is 29.2 Å². The van der Waals surface area contributed by atoms with Gasteiger partial charge >= 0.3 is 5.97 Å². The molecule has 0 aliphatic carbocycles. The Balaban J connectivity index is 2.08. The molecular weight excluding hydrogens is 278 g/mol. The number of hydrogen-bond acceptors (Lipinski definition) is 3. The molecule has 108 valence electrons. The van der Waals surface area contributed by atoms with Gasteiger partial charge in [0, 0.05) is 13.1 Å². The fraction of sp³-hybridized carbons (Fsp3) is 0.429. The molecule has 1 fully saturated rings. The smallest absolute Gasteiger partial charge is 0.336 e. The summed E-state index contributed by atoms with van der Waals surface area (Å²) in [5.74, 6) is -1.44. The van der Waals surface area contributed by atoms with E-state index in [9.17, 15) is 13.8 Å². The molecule has 1 amide bonds. The second kappa shape index (κ2) is 6.65. The Morgan fingerprint density at radius 3 is 2.45 bits per heavy atom. The Morgan fingerprint density at radius 1 is 1.15 bits per heavy atom. The second-order valence-corrected chi connectivity index (χ2v) is 6.15. The minimum Gasteiger partial charge on any atom is -0.478 e. The highest BCUT2D eigenvalue weighted by atomic mass is 32.2. The molecule has 6 heteroatoms. The number of likely N-dealkylation sites (tertiary alicyclic amines) is 1. The van der Waals surface area contributed by atoms with Crippen LogP contribution in [0.1, 0.15) is 29.6 Å². The topological polar surface area (TPSA) is 74.7 Å². The van der Waals surface area contributed by atoms with Crippen LogP contribution in [0.5, 0.6) is 0 Å². The van der Waals surface area contributed by atoms with Crippen LogP contribution in [0, 0.1) is 0 Å². The van der Waals surface area contributed by atoms with Crippen molar-refractivity contribution in [3.8, 4) is 0 Å². The number of carbonyl (C=O) groups excluding carboxylic acids is 1. The number of carboxylic acid groups (broad SMARTS) is 1. The normalized spacial score (nSPS) is 16.7. The van der Waals surface area contributed by atoms with Crippen LogP contribution in [-0.4, -0.2) is 44.9 Å². The minimum absolute atomic E-state index is 0.00252. The Labute approximate surface area is 120 Å². The first kappa shape index (κ1) is 14.7. The summed E-state index contributed by atoms with van der Waals surface area (Å²) in [6.07, 6.45) is 3.07. The standard InChI is InChI=1S/C14H17NO4S/c16-13(15-8-4-1-5-9-15)10-20(19)12-7-3-2-6-11(12)14(17)18/h2-3,6-7H,1,4-5,8-10H2,(H,17,18)/t20-/m0/s1. The van der Waals surface area contributed by atoms with Crippen molar-refractivity contribution in [2.75, 3.05) is 18.8 Å². The number of piperidine rings is 1. The van der Waals surface area contributed by atoms with Crippen molar-refractivity contribution in [1.29, 1.82) is 0 Å². The van der Waals surface area contributed by atoms with E-state index in [1.807, 2.05) is 0 Å². The van der Waals surface area contributed by atoms with Gasteiger partial charge in [-0.1, -0.05) is 12.1 Å². The van der Waals surface area contributed by atoms with Crippen LogP contribution in [0.25, 0.3) is 0 Å². The van der Waals surface area contributed by atoms with Gasteiger partial charge < -0.3 is 10.0 Å². The van der Waals surface area contributed by atoms with E-state index < -0.39 is 16.8 Å². The maximum atomic E-state index is 12.2. The van der Waals surface area contributed by atoms with Crippen LogP contribution < -0.4 is 0 Å². The number of nitrogens with zero attached hydrogens (tertiary/aromatic N) is 1. The van der Waals surface area contributed by atoms with Gasteiger partial charge in [-0.15, -0.1) is 0 Å². The number of aromatic carboxylic acids is 1. The molecule has 1 aromatic rings. The molecule has 1 aliphatic heterocycles. The molecule has 1 aliphatic rings. The van der Waals surface area contributed by atoms with Crippen molar-refractivity contribution in [3.63, 3.8) is 0 Å². The van der Waals surface area contributed by atoms with Crippen LogP contribution >= 0.6 is 0 Å². The number of rotatable bonds is 4. The van der Waals surface area contributed by atoms with Crippen LogP contribution in [0.4, 0.5) is 0 Å². The number of benzene rings is 1. The third-order valence-corrected chi connectivity index (χ3v) is 4.68. The molecule has 0 spiro atoms. The molecule has 0 saturated carbocycles. The molecule has 1 saturated heterocycles. The number of amides is 1. The predicted octanol–water partition coefficient (Wildman–Crippen LogP) is 1.50. The SMILES string of the molecule is O=C(O)c1ccccc1[S@@](=O)CC(=O)N1CCCCC1. The number of carbonyl (C=O) groups is 2. The van der Waals surface area contributed by atoms with Gasteiger partial charge in [0.25, 0.3) is 0 Å². The maximum absolute atomic E-state index is 12.2. The zero-order valence-corrected chi connectivity index (χ0v) is 11.9. The maximum Gasteiger partial charge on any atom is 0.336 e. The molecule has 20 heavy (non-hydrogen) atoms. The van der Waals surface area contributed by atoms with E-state index in [-0.39, 0.29) is 22.1 Å². The quantitative estimate of drug-likeness (QED) is 0.913. The Bertz CT molecular complexity index is 538. The summed E-state index contributed by atoms with van der Waals surface area (Å²) in [6, 6.07) is 6.12. The average molecular weight is 295 g/mol. The fourth-order valence-corrected chi connectivity index (χ4v) is 3.46. The van der Waals surface area contributed by atoms with Crippen molar-refractivity contribution < 1.29 is 18.9 Å². The molecule has 1 aromatic carbocycles. The zero-order valence-electron chi connectivity index (χ0n) is 11.1. The van der Waals surface area contributed by atoms with Gasteiger partial charge in [0.15, 0.2) is 0 Å². The lowest BCUT2D eigenvalue weighted by Gasteiger charge is -2.26. The van der Waals surface area contributed by atoms with Crippen LogP contribution in [0.2, 0.25) is 0 Å². The Kier molecular flexibility index (Phi) is 4.89. The molecule has 1 N–H and O–H groups in total. The third-order valence-electron chi connectivity index (χ3n) is 3.33. The van der Waals surface area contributed by atoms with Crippen LogP contribution in [0.3, 0.4) is 0 Å². The summed E-state index contributed by atoms with van der Waals surface area (Å²) >= 11 is 0. The molecule has 1 heterocycles. The van der Waals surface area contributed by atoms with Crippen molar-refractivity contribution in [3.05, 3.63) is 29.8 Å². The second-order valence-electron chi connectivity index (χ2n) is 4.73. The van der Waals surface area contributed by atoms with E-state index in [1.165, 1.54) is 12.1 Å². The lowest BCUT2D eigenvalue weighted by Crippen LogP contribution is -2.38. The van der Waals surface area contributed by atoms with E-state index >= 15 is 0 Å². The number of hydrogen-bond donors (Lipinski definition) is 1. The van der Waals surface area contributed by atoms with Gasteiger partial charge in [0.05, 0.1) is 21.3 Å². The first-order valence-corrected chi connectivity index (χ1v) is 7.90. The summed E-state index contributed by atoms with van der Waals surface area (Å²) in [7, 11) is -1.62. The van der Waals surface area contributed by atoms with Crippen molar-refractivity contribution in [1.82, 2.24) is 4.90 Å². The summed E-state index contributed by atoms with van der Waals surface area (Å²) in [6.45, 7) is 1.41. The predicted molar refractivity (Wildman–Crippen MR) is 75.1 cm³/mol. The lowest BCUT2D eigenvalue weighted by atomic mass is 10.1. The summed E-state index contributed by atoms with van der Waals surface area (Å²) in [4.78, 5) is 25.1. The fourth-order valence-electron chi connectivity index (χ4n) is 2.27. The van der Waals surface area contributed by atoms with Gasteiger partial charge in [-0.05, 0) is 31.4 Å². The molecular formula is C14H17NO4S. The highest BCUT2D eigenvalue weighted by molar-refractivity contribution is 7.85. The van der Waals surface area contributed by atoms with Crippen molar-refractivity contribution in [2.45, 2.75) is 24.2 Å². The monoisotopic (exact) mass is 295 g/mol. The van der Waals surface area contributed by atoms with Gasteiger partial charge in [0.2, 0.25) is 5.91 Å². The molecule has 0 aromatic heterocycles. The van der Waals surface area contributed by atoms with E-state index in [2.05, 4.69) is 0 Å². The highest BCUT2D eigenvalue weighted by Gasteiger charge is 2.21. The molecule has 0 bridgehead atoms. The van der Waals surface area contributed by atoms with Crippen LogP contribution in [-0.2, 0) is 15.6 Å². The van der Waals surface area contributed by atoms with Crippen molar-refractivity contribution in [2.24, 2.45) is 0 Å². The highest BCUT2D eigenvalue weighted by Crippen LogP contribution is 2.15. The van der Waals surface area contributed by atoms with Gasteiger partial charge in [-0.2, -0.15) is 0 Å². The van der Waals surface area contributed by atoms with E-state index in [4.69, 9.17) is 5.11 Å². The van der Waals surface area contributed by atoms with E-state index in [0.29, 0.717) is 13.1 Å². The number of carboxylic acids is 1. The first-order chi connectivity index (χ1) is 9.59. The Morgan fingerprint density at radius 2 is 1.80 bits per heavy atom. The Hall–Kier alpha value is -1.69. The summed E-state index contributed by atoms with van der Waals surface area (Å²) in [5.41, 5.74) is -0.00252. The lowest BCUT2D eigenvalue weighted by molar-refractivity contribution is -0.129. The summed E-state index contributed by atoms with van der Waals surface area (Å²) in [5, 5.41) is 9.07. The average Bonchev–Trinajstić information content (AvgIpc) is 2.48. The van der Waals surface area contributed by atoms with Gasteiger partial charge in [-0.3, -0.25) is 9.00 Å².